The molecule has 0 radical (unpaired) electrons. The molecule has 0 unspecified atom stereocenters. The second kappa shape index (κ2) is 17.5. The molecule has 2 aromatic heterocycles. The van der Waals surface area contributed by atoms with Crippen LogP contribution in [0.4, 0.5) is 11.4 Å². The number of nitrogens with zero attached hydrogens (tertiary/aromatic N) is 2. The monoisotopic (exact) mass is 584 g/mol. The lowest BCUT2D eigenvalue weighted by Gasteiger charge is -1.98. The maximum atomic E-state index is 10.3. The summed E-state index contributed by atoms with van der Waals surface area (Å²) in [6, 6.07) is 40.7. The summed E-state index contributed by atoms with van der Waals surface area (Å²) in [4.78, 5) is 28.5. The molecule has 0 aliphatic rings. The molecule has 2 heterocycles. The van der Waals surface area contributed by atoms with Gasteiger partial charge in [0.05, 0.1) is 11.1 Å². The van der Waals surface area contributed by atoms with Crippen LogP contribution in [0.25, 0.3) is 22.3 Å². The van der Waals surface area contributed by atoms with Crippen molar-refractivity contribution in [3.05, 3.63) is 169 Å². The van der Waals surface area contributed by atoms with Crippen molar-refractivity contribution in [1.82, 2.24) is 9.97 Å². The Morgan fingerprint density at radius 1 is 0.409 bits per heavy atom. The van der Waals surface area contributed by atoms with Crippen molar-refractivity contribution < 1.29 is 19.8 Å². The first-order chi connectivity index (χ1) is 21.3. The molecule has 6 N–H and O–H groups in total. The summed E-state index contributed by atoms with van der Waals surface area (Å²) in [5.74, 6) is -1.86. The molecule has 6 aromatic rings. The van der Waals surface area contributed by atoms with Crippen molar-refractivity contribution in [3.63, 3.8) is 0 Å². The molecule has 8 heteroatoms. The zero-order valence-corrected chi connectivity index (χ0v) is 23.8. The number of benzene rings is 4. The van der Waals surface area contributed by atoms with E-state index in [0.29, 0.717) is 11.4 Å². The van der Waals surface area contributed by atoms with Gasteiger partial charge in [-0.25, -0.2) is 9.59 Å². The molecule has 0 spiro atoms. The minimum atomic E-state index is -0.931. The average Bonchev–Trinajstić information content (AvgIpc) is 3.08. The number of rotatable bonds is 4. The van der Waals surface area contributed by atoms with Crippen LogP contribution in [-0.2, 0) is 0 Å². The lowest BCUT2D eigenvalue weighted by molar-refractivity contribution is 0.0686. The number of aromatic carboxylic acids is 2. The van der Waals surface area contributed by atoms with Gasteiger partial charge in [0.1, 0.15) is 0 Å². The molecule has 0 atom stereocenters. The first kappa shape index (κ1) is 32.2. The number of carboxylic acid groups (broad SMARTS) is 2. The standard InChI is InChI=1S/2C11H9N.2C7H7NO2/c2*1-2-4-10(5-3-1)11-6-8-12-9-7-11;2*8-6-3-1-5(2-4-6)7(9)10/h2*1-9H;2*1-4H,8H2,(H,9,10). The summed E-state index contributed by atoms with van der Waals surface area (Å²) in [5, 5.41) is 16.9. The maximum Gasteiger partial charge on any atom is 0.335 e. The van der Waals surface area contributed by atoms with Crippen LogP contribution in [0.1, 0.15) is 20.7 Å². The topological polar surface area (TPSA) is 152 Å². The second-order valence-electron chi connectivity index (χ2n) is 9.06. The third-order valence-electron chi connectivity index (χ3n) is 5.89. The van der Waals surface area contributed by atoms with Gasteiger partial charge in [-0.15, -0.1) is 0 Å². The molecule has 0 bridgehead atoms. The van der Waals surface area contributed by atoms with Gasteiger partial charge in [-0.1, -0.05) is 60.7 Å². The van der Waals surface area contributed by atoms with Crippen molar-refractivity contribution in [3.8, 4) is 22.3 Å². The van der Waals surface area contributed by atoms with E-state index in [1.54, 1.807) is 24.3 Å². The predicted molar refractivity (Wildman–Crippen MR) is 175 cm³/mol. The first-order valence-corrected chi connectivity index (χ1v) is 13.4. The van der Waals surface area contributed by atoms with Gasteiger partial charge in [0.15, 0.2) is 0 Å². The van der Waals surface area contributed by atoms with Crippen LogP contribution >= 0.6 is 0 Å². The lowest BCUT2D eigenvalue weighted by Crippen LogP contribution is -1.95. The largest absolute Gasteiger partial charge is 0.478 e. The number of hydrogen-bond donors (Lipinski definition) is 4. The van der Waals surface area contributed by atoms with Gasteiger partial charge in [0.25, 0.3) is 0 Å². The summed E-state index contributed by atoms with van der Waals surface area (Å²) in [6.45, 7) is 0. The molecule has 0 aliphatic heterocycles. The molecule has 44 heavy (non-hydrogen) atoms. The number of nitrogens with two attached hydrogens (primary N) is 2. The fourth-order valence-corrected chi connectivity index (χ4v) is 3.60. The third kappa shape index (κ3) is 11.3. The lowest BCUT2D eigenvalue weighted by atomic mass is 10.1. The number of nitrogen functional groups attached to an aromatic ring is 2. The van der Waals surface area contributed by atoms with Crippen molar-refractivity contribution in [2.75, 3.05) is 11.5 Å². The van der Waals surface area contributed by atoms with Gasteiger partial charge in [-0.3, -0.25) is 9.97 Å². The molecular weight excluding hydrogens is 552 g/mol. The molecule has 0 saturated carbocycles. The number of pyridine rings is 2. The van der Waals surface area contributed by atoms with E-state index in [4.69, 9.17) is 21.7 Å². The van der Waals surface area contributed by atoms with Crippen LogP contribution in [0.2, 0.25) is 0 Å². The van der Waals surface area contributed by atoms with Crippen LogP contribution in [0, 0.1) is 0 Å². The van der Waals surface area contributed by atoms with Crippen LogP contribution in [-0.4, -0.2) is 32.1 Å². The number of carboxylic acids is 2. The van der Waals surface area contributed by atoms with E-state index in [1.807, 2.05) is 85.5 Å². The fraction of sp³-hybridized carbons (Fsp3) is 0. The predicted octanol–water partition coefficient (Wildman–Crippen LogP) is 7.43. The Morgan fingerprint density at radius 3 is 0.955 bits per heavy atom. The van der Waals surface area contributed by atoms with Gasteiger partial charge in [-0.05, 0) is 95.1 Å². The van der Waals surface area contributed by atoms with E-state index in [0.717, 1.165) is 0 Å². The Hall–Kier alpha value is -6.28. The summed E-state index contributed by atoms with van der Waals surface area (Å²) in [7, 11) is 0. The first-order valence-electron chi connectivity index (χ1n) is 13.4. The Bertz CT molecular complexity index is 1480. The van der Waals surface area contributed by atoms with Gasteiger partial charge in [0, 0.05) is 36.2 Å². The minimum Gasteiger partial charge on any atom is -0.478 e. The minimum absolute atomic E-state index is 0.259. The zero-order valence-electron chi connectivity index (χ0n) is 23.8. The molecule has 0 amide bonds. The van der Waals surface area contributed by atoms with Gasteiger partial charge in [-0.2, -0.15) is 0 Å². The van der Waals surface area contributed by atoms with Crippen LogP contribution in [0.5, 0.6) is 0 Å². The van der Waals surface area contributed by atoms with E-state index >= 15 is 0 Å². The molecule has 0 fully saturated rings. The van der Waals surface area contributed by atoms with Gasteiger partial charge in [0.2, 0.25) is 0 Å². The third-order valence-corrected chi connectivity index (χ3v) is 5.89. The van der Waals surface area contributed by atoms with Crippen molar-refractivity contribution in [2.24, 2.45) is 0 Å². The second-order valence-corrected chi connectivity index (χ2v) is 9.06. The average molecular weight is 585 g/mol. The fourth-order valence-electron chi connectivity index (χ4n) is 3.60. The molecule has 0 saturated heterocycles. The molecular formula is C36H32N4O4. The Balaban J connectivity index is 0.000000161. The summed E-state index contributed by atoms with van der Waals surface area (Å²) in [6.07, 6.45) is 7.23. The van der Waals surface area contributed by atoms with E-state index in [-0.39, 0.29) is 11.1 Å². The summed E-state index contributed by atoms with van der Waals surface area (Å²) < 4.78 is 0. The van der Waals surface area contributed by atoms with Crippen molar-refractivity contribution in [2.45, 2.75) is 0 Å². The summed E-state index contributed by atoms with van der Waals surface area (Å²) in [5.41, 5.74) is 17.2. The maximum absolute atomic E-state index is 10.3. The van der Waals surface area contributed by atoms with Crippen molar-refractivity contribution >= 4 is 23.3 Å². The highest BCUT2D eigenvalue weighted by atomic mass is 16.4. The van der Waals surface area contributed by atoms with E-state index in [1.165, 1.54) is 46.5 Å². The molecule has 4 aromatic carbocycles. The molecule has 0 aliphatic carbocycles. The van der Waals surface area contributed by atoms with Crippen molar-refractivity contribution in [1.29, 1.82) is 0 Å². The highest BCUT2D eigenvalue weighted by Gasteiger charge is 2.00. The molecule has 8 nitrogen and oxygen atoms in total. The smallest absolute Gasteiger partial charge is 0.335 e. The van der Waals surface area contributed by atoms with E-state index in [2.05, 4.69) is 34.2 Å². The van der Waals surface area contributed by atoms with Gasteiger partial charge >= 0.3 is 11.9 Å². The number of carbonyl (C=O) groups is 2. The number of aromatic nitrogens is 2. The van der Waals surface area contributed by atoms with Gasteiger partial charge < -0.3 is 21.7 Å². The highest BCUT2D eigenvalue weighted by molar-refractivity contribution is 5.88. The Kier molecular flexibility index (Phi) is 12.8. The van der Waals surface area contributed by atoms with Crippen LogP contribution in [0.15, 0.2) is 158 Å². The zero-order chi connectivity index (χ0) is 31.6. The molecule has 6 rings (SSSR count). The normalized spacial score (nSPS) is 9.45. The number of anilines is 2. The molecule has 220 valence electrons. The van der Waals surface area contributed by atoms with Crippen LogP contribution in [0.3, 0.4) is 0 Å². The highest BCUT2D eigenvalue weighted by Crippen LogP contribution is 2.17. The summed E-state index contributed by atoms with van der Waals surface area (Å²) >= 11 is 0. The van der Waals surface area contributed by atoms with Crippen LogP contribution < -0.4 is 11.5 Å². The van der Waals surface area contributed by atoms with E-state index < -0.39 is 11.9 Å². The van der Waals surface area contributed by atoms with E-state index in [9.17, 15) is 9.59 Å². The Morgan fingerprint density at radius 2 is 0.682 bits per heavy atom. The SMILES string of the molecule is Nc1ccc(C(=O)O)cc1.Nc1ccc(C(=O)O)cc1.c1ccc(-c2ccncc2)cc1.c1ccc(-c2ccncc2)cc1. The quantitative estimate of drug-likeness (QED) is 0.156. The number of hydrogen-bond acceptors (Lipinski definition) is 6. The Labute approximate surface area is 255 Å².